The minimum atomic E-state index is -0.519. The van der Waals surface area contributed by atoms with Crippen molar-refractivity contribution in [3.8, 4) is 11.3 Å². The molecule has 1 fully saturated rings. The van der Waals surface area contributed by atoms with Crippen molar-refractivity contribution >= 4 is 22.6 Å². The van der Waals surface area contributed by atoms with Crippen LogP contribution in [0.4, 0.5) is 9.18 Å². The van der Waals surface area contributed by atoms with Gasteiger partial charge in [-0.1, -0.05) is 6.07 Å². The first-order valence-corrected chi connectivity index (χ1v) is 12.1. The van der Waals surface area contributed by atoms with E-state index >= 15 is 0 Å². The number of benzene rings is 1. The molecule has 0 aliphatic carbocycles. The van der Waals surface area contributed by atoms with E-state index in [0.717, 1.165) is 22.3 Å². The molecule has 9 nitrogen and oxygen atoms in total. The van der Waals surface area contributed by atoms with E-state index in [9.17, 15) is 9.18 Å². The topological polar surface area (TPSA) is 90.4 Å². The normalized spacial score (nSPS) is 14.3. The summed E-state index contributed by atoms with van der Waals surface area (Å²) in [5.41, 5.74) is 3.69. The molecule has 1 amide bonds. The summed E-state index contributed by atoms with van der Waals surface area (Å²) < 4.78 is 23.8. The molecule has 0 atom stereocenters. The minimum absolute atomic E-state index is 0.0826. The molecule has 1 aliphatic heterocycles. The summed E-state index contributed by atoms with van der Waals surface area (Å²) in [7, 11) is 0. The number of fused-ring (bicyclic) bond motifs is 2. The fourth-order valence-electron chi connectivity index (χ4n) is 4.44. The van der Waals surface area contributed by atoms with Crippen LogP contribution in [0.25, 0.3) is 27.8 Å². The van der Waals surface area contributed by atoms with Crippen LogP contribution in [0, 0.1) is 5.82 Å². The summed E-state index contributed by atoms with van der Waals surface area (Å²) in [6.45, 7) is 6.65. The summed E-state index contributed by atoms with van der Waals surface area (Å²) >= 11 is 0. The molecule has 37 heavy (non-hydrogen) atoms. The van der Waals surface area contributed by atoms with Crippen LogP contribution in [0.3, 0.4) is 0 Å². The van der Waals surface area contributed by atoms with Gasteiger partial charge in [-0.3, -0.25) is 9.67 Å². The molecule has 0 radical (unpaired) electrons. The summed E-state index contributed by atoms with van der Waals surface area (Å²) in [6.07, 6.45) is 7.10. The zero-order valence-electron chi connectivity index (χ0n) is 20.8. The average molecular weight is 500 g/mol. The number of amides is 1. The maximum atomic E-state index is 14.8. The number of likely N-dealkylation sites (tertiary alicyclic amines) is 1. The molecular weight excluding hydrogens is 473 g/mol. The summed E-state index contributed by atoms with van der Waals surface area (Å²) in [6, 6.07) is 10.9. The van der Waals surface area contributed by atoms with Crippen molar-refractivity contribution in [2.45, 2.75) is 38.8 Å². The number of hydrogen-bond acceptors (Lipinski definition) is 6. The smallest absolute Gasteiger partial charge is 0.410 e. The van der Waals surface area contributed by atoms with Gasteiger partial charge in [0, 0.05) is 48.9 Å². The van der Waals surface area contributed by atoms with Gasteiger partial charge < -0.3 is 9.64 Å². The number of ether oxygens (including phenoxy) is 1. The van der Waals surface area contributed by atoms with Gasteiger partial charge in [-0.25, -0.2) is 18.7 Å². The van der Waals surface area contributed by atoms with E-state index in [-0.39, 0.29) is 18.0 Å². The lowest BCUT2D eigenvalue weighted by Crippen LogP contribution is -2.52. The predicted octanol–water partition coefficient (Wildman–Crippen LogP) is 4.66. The van der Waals surface area contributed by atoms with Gasteiger partial charge in [0.1, 0.15) is 11.4 Å². The average Bonchev–Trinajstić information content (AvgIpc) is 3.45. The number of aromatic nitrogens is 6. The number of halogens is 1. The van der Waals surface area contributed by atoms with E-state index in [4.69, 9.17) is 9.84 Å². The van der Waals surface area contributed by atoms with Crippen molar-refractivity contribution < 1.29 is 13.9 Å². The van der Waals surface area contributed by atoms with Gasteiger partial charge >= 0.3 is 6.09 Å². The van der Waals surface area contributed by atoms with E-state index in [1.165, 1.54) is 6.07 Å². The van der Waals surface area contributed by atoms with Crippen molar-refractivity contribution in [3.05, 3.63) is 78.3 Å². The van der Waals surface area contributed by atoms with Crippen LogP contribution in [0.2, 0.25) is 0 Å². The van der Waals surface area contributed by atoms with Crippen molar-refractivity contribution in [2.24, 2.45) is 0 Å². The van der Waals surface area contributed by atoms with Crippen molar-refractivity contribution in [1.29, 1.82) is 0 Å². The van der Waals surface area contributed by atoms with Gasteiger partial charge in [-0.05, 0) is 50.6 Å². The molecule has 5 aromatic rings. The molecule has 0 saturated carbocycles. The number of pyridine rings is 1. The second-order valence-electron chi connectivity index (χ2n) is 10.3. The fraction of sp³-hybridized carbons (Fsp3) is 0.296. The molecule has 6 rings (SSSR count). The highest BCUT2D eigenvalue weighted by Gasteiger charge is 2.35. The first kappa shape index (κ1) is 23.1. The predicted molar refractivity (Wildman–Crippen MR) is 136 cm³/mol. The molecule has 4 aromatic heterocycles. The maximum absolute atomic E-state index is 14.8. The number of carbonyl (C=O) groups excluding carboxylic acids is 1. The lowest BCUT2D eigenvalue weighted by atomic mass is 10.1. The summed E-state index contributed by atoms with van der Waals surface area (Å²) in [4.78, 5) is 22.6. The lowest BCUT2D eigenvalue weighted by molar-refractivity contribution is -0.000383. The van der Waals surface area contributed by atoms with E-state index in [2.05, 4.69) is 15.1 Å². The van der Waals surface area contributed by atoms with Crippen molar-refractivity contribution in [1.82, 2.24) is 34.3 Å². The Hall–Kier alpha value is -4.34. The Bertz CT molecular complexity index is 1630. The van der Waals surface area contributed by atoms with E-state index < -0.39 is 5.60 Å². The number of nitrogens with zero attached hydrogens (tertiary/aromatic N) is 7. The van der Waals surface area contributed by atoms with Gasteiger partial charge in [0.05, 0.1) is 35.3 Å². The zero-order chi connectivity index (χ0) is 25.7. The quantitative estimate of drug-likeness (QED) is 0.357. The highest BCUT2D eigenvalue weighted by Crippen LogP contribution is 2.26. The Morgan fingerprint density at radius 3 is 2.78 bits per heavy atom. The molecule has 188 valence electrons. The largest absolute Gasteiger partial charge is 0.444 e. The zero-order valence-corrected chi connectivity index (χ0v) is 20.8. The van der Waals surface area contributed by atoms with Gasteiger partial charge in [0.15, 0.2) is 5.65 Å². The Labute approximate surface area is 212 Å². The molecule has 10 heteroatoms. The van der Waals surface area contributed by atoms with Crippen molar-refractivity contribution in [2.75, 3.05) is 13.1 Å². The molecule has 1 saturated heterocycles. The molecule has 0 N–H and O–H groups in total. The van der Waals surface area contributed by atoms with Gasteiger partial charge in [0.2, 0.25) is 0 Å². The molecule has 5 heterocycles. The first-order chi connectivity index (χ1) is 17.7. The second-order valence-corrected chi connectivity index (χ2v) is 10.3. The molecular formula is C27H26FN7O2. The van der Waals surface area contributed by atoms with Crippen LogP contribution < -0.4 is 0 Å². The van der Waals surface area contributed by atoms with Crippen LogP contribution in [0.5, 0.6) is 0 Å². The SMILES string of the molecule is CC(C)(C)OC(=O)N1CC(n2cc(-c3ccc4ncc(Cc5cc6cccnc6cc5F)n4n3)cn2)C1. The van der Waals surface area contributed by atoms with Crippen LogP contribution in [0.15, 0.2) is 61.2 Å². The lowest BCUT2D eigenvalue weighted by Gasteiger charge is -2.39. The molecule has 0 spiro atoms. The van der Waals surface area contributed by atoms with Gasteiger partial charge in [-0.2, -0.15) is 10.2 Å². The van der Waals surface area contributed by atoms with Gasteiger partial charge in [0.25, 0.3) is 0 Å². The van der Waals surface area contributed by atoms with Gasteiger partial charge in [-0.15, -0.1) is 0 Å². The van der Waals surface area contributed by atoms with Crippen LogP contribution in [0.1, 0.15) is 38.1 Å². The van der Waals surface area contributed by atoms with Crippen LogP contribution in [-0.4, -0.2) is 59.0 Å². The number of rotatable bonds is 4. The van der Waals surface area contributed by atoms with Crippen LogP contribution >= 0.6 is 0 Å². The van der Waals surface area contributed by atoms with Crippen molar-refractivity contribution in [3.63, 3.8) is 0 Å². The number of carbonyl (C=O) groups is 1. The third kappa shape index (κ3) is 4.50. The second kappa shape index (κ2) is 8.65. The molecule has 0 bridgehead atoms. The number of hydrogen-bond donors (Lipinski definition) is 0. The third-order valence-corrected chi connectivity index (χ3v) is 6.36. The summed E-state index contributed by atoms with van der Waals surface area (Å²) in [5.74, 6) is -0.306. The minimum Gasteiger partial charge on any atom is -0.444 e. The molecule has 1 aliphatic rings. The Balaban J connectivity index is 1.21. The first-order valence-electron chi connectivity index (χ1n) is 12.1. The molecule has 1 aromatic carbocycles. The van der Waals surface area contributed by atoms with Crippen LogP contribution in [-0.2, 0) is 11.2 Å². The Morgan fingerprint density at radius 1 is 1.14 bits per heavy atom. The Morgan fingerprint density at radius 2 is 1.97 bits per heavy atom. The molecule has 0 unspecified atom stereocenters. The van der Waals surface area contributed by atoms with E-state index in [0.29, 0.717) is 36.2 Å². The summed E-state index contributed by atoms with van der Waals surface area (Å²) in [5, 5.41) is 10.2. The number of imidazole rings is 1. The maximum Gasteiger partial charge on any atom is 0.410 e. The van der Waals surface area contributed by atoms with E-state index in [1.807, 2.05) is 62.0 Å². The highest BCUT2D eigenvalue weighted by atomic mass is 19.1. The Kier molecular flexibility index (Phi) is 5.40. The van der Waals surface area contributed by atoms with E-state index in [1.54, 1.807) is 28.0 Å². The third-order valence-electron chi connectivity index (χ3n) is 6.36. The standard InChI is InChI=1S/C27H26FN7O2/c1-27(2,3)37-26(36)33-15-21(16-33)34-14-19(12-31-34)23-6-7-25-30-13-20(35(25)32-23)10-18-9-17-5-4-8-29-24(17)11-22(18)28/h4-9,11-14,21H,10,15-16H2,1-3H3. The fourth-order valence-corrected chi connectivity index (χ4v) is 4.44. The highest BCUT2D eigenvalue weighted by molar-refractivity contribution is 5.79. The monoisotopic (exact) mass is 499 g/mol.